The molecule has 2 aromatic heterocycles. The zero-order valence-corrected chi connectivity index (χ0v) is 21.2. The molecule has 196 valence electrons. The van der Waals surface area contributed by atoms with Gasteiger partial charge in [-0.2, -0.15) is 13.2 Å². The Hall–Kier alpha value is -2.35. The number of carbonyl (C=O) groups is 1. The highest BCUT2D eigenvalue weighted by atomic mass is 19.4. The van der Waals surface area contributed by atoms with Crippen LogP contribution in [-0.2, 0) is 30.5 Å². The summed E-state index contributed by atoms with van der Waals surface area (Å²) in [6.45, 7) is 4.78. The van der Waals surface area contributed by atoms with Crippen molar-refractivity contribution in [3.05, 3.63) is 52.9 Å². The number of pyridine rings is 1. The molecule has 0 radical (unpaired) electrons. The van der Waals surface area contributed by atoms with Crippen LogP contribution in [0.15, 0.2) is 24.5 Å². The van der Waals surface area contributed by atoms with Gasteiger partial charge in [0.05, 0.1) is 0 Å². The normalized spacial score (nSPS) is 21.1. The number of aryl methyl sites for hydroxylation is 2. The fourth-order valence-electron chi connectivity index (χ4n) is 5.53. The summed E-state index contributed by atoms with van der Waals surface area (Å²) in [7, 11) is 0. The third kappa shape index (κ3) is 8.36. The standard InChI is InChI=1S/C28H37F3N4O/c1-20-32-18-23(19-33-20)17-26(36)16-22-4-2-21(3-5-22)9-13-35-14-10-24-6-7-25(8-12-28(29,30)31)34-27(24)11-15-35/h6-7,18-19,21-22H,2-5,8-17H2,1H3. The SMILES string of the molecule is Cc1ncc(CC(=O)CC2CCC(CCN3CCc4ccc(CCC(F)(F)F)nc4CC3)CC2)cn1. The highest BCUT2D eigenvalue weighted by Gasteiger charge is 2.27. The number of Topliss-reactive ketones (excluding diaryl/α,β-unsaturated/α-hetero) is 1. The molecule has 8 heteroatoms. The number of fused-ring (bicyclic) bond motifs is 1. The number of carbonyl (C=O) groups excluding carboxylic acids is 1. The van der Waals surface area contributed by atoms with Crippen molar-refractivity contribution in [1.29, 1.82) is 0 Å². The fraction of sp³-hybridized carbons (Fsp3) is 0.643. The molecule has 0 amide bonds. The fourth-order valence-corrected chi connectivity index (χ4v) is 5.53. The van der Waals surface area contributed by atoms with E-state index >= 15 is 0 Å². The first-order valence-corrected chi connectivity index (χ1v) is 13.3. The summed E-state index contributed by atoms with van der Waals surface area (Å²) in [5.74, 6) is 2.20. The van der Waals surface area contributed by atoms with Gasteiger partial charge in [-0.05, 0) is 74.6 Å². The van der Waals surface area contributed by atoms with Crippen LogP contribution in [0, 0.1) is 18.8 Å². The molecule has 3 heterocycles. The molecule has 0 bridgehead atoms. The molecule has 1 aliphatic carbocycles. The molecule has 0 saturated heterocycles. The number of nitrogens with zero attached hydrogens (tertiary/aromatic N) is 4. The van der Waals surface area contributed by atoms with Gasteiger partial charge in [-0.3, -0.25) is 9.78 Å². The summed E-state index contributed by atoms with van der Waals surface area (Å²) < 4.78 is 37.6. The number of ketones is 1. The molecular weight excluding hydrogens is 465 g/mol. The van der Waals surface area contributed by atoms with Crippen LogP contribution in [0.5, 0.6) is 0 Å². The van der Waals surface area contributed by atoms with Crippen LogP contribution in [-0.4, -0.2) is 51.4 Å². The Morgan fingerprint density at radius 3 is 2.44 bits per heavy atom. The van der Waals surface area contributed by atoms with E-state index < -0.39 is 12.6 Å². The second-order valence-electron chi connectivity index (χ2n) is 10.6. The maximum atomic E-state index is 12.5. The lowest BCUT2D eigenvalue weighted by molar-refractivity contribution is -0.134. The largest absolute Gasteiger partial charge is 0.389 e. The van der Waals surface area contributed by atoms with Gasteiger partial charge in [0.15, 0.2) is 0 Å². The van der Waals surface area contributed by atoms with Gasteiger partial charge in [-0.1, -0.05) is 18.9 Å². The minimum absolute atomic E-state index is 0.0465. The Morgan fingerprint density at radius 2 is 1.72 bits per heavy atom. The van der Waals surface area contributed by atoms with Crippen molar-refractivity contribution in [3.8, 4) is 0 Å². The molecule has 2 aliphatic rings. The van der Waals surface area contributed by atoms with Crippen LogP contribution in [0.25, 0.3) is 0 Å². The maximum absolute atomic E-state index is 12.5. The zero-order valence-electron chi connectivity index (χ0n) is 21.2. The van der Waals surface area contributed by atoms with Gasteiger partial charge in [-0.15, -0.1) is 0 Å². The molecule has 0 atom stereocenters. The van der Waals surface area contributed by atoms with Crippen LogP contribution in [0.4, 0.5) is 13.2 Å². The summed E-state index contributed by atoms with van der Waals surface area (Å²) in [5, 5.41) is 0. The van der Waals surface area contributed by atoms with Crippen LogP contribution in [0.1, 0.15) is 73.3 Å². The Bertz CT molecular complexity index is 1000. The molecule has 2 aromatic rings. The molecule has 4 rings (SSSR count). The van der Waals surface area contributed by atoms with Gasteiger partial charge in [-0.25, -0.2) is 9.97 Å². The van der Waals surface area contributed by atoms with Gasteiger partial charge in [0.1, 0.15) is 11.6 Å². The molecule has 36 heavy (non-hydrogen) atoms. The van der Waals surface area contributed by atoms with E-state index in [1.165, 1.54) is 24.8 Å². The monoisotopic (exact) mass is 502 g/mol. The van der Waals surface area contributed by atoms with Gasteiger partial charge in [0, 0.05) is 62.6 Å². The molecule has 1 fully saturated rings. The predicted molar refractivity (Wildman–Crippen MR) is 133 cm³/mol. The number of aromatic nitrogens is 3. The number of hydrogen-bond donors (Lipinski definition) is 0. The van der Waals surface area contributed by atoms with E-state index in [1.54, 1.807) is 18.5 Å². The minimum Gasteiger partial charge on any atom is -0.303 e. The second kappa shape index (κ2) is 12.3. The Labute approximate surface area is 211 Å². The van der Waals surface area contributed by atoms with Gasteiger partial charge < -0.3 is 4.90 Å². The van der Waals surface area contributed by atoms with Crippen molar-refractivity contribution >= 4 is 5.78 Å². The molecule has 5 nitrogen and oxygen atoms in total. The van der Waals surface area contributed by atoms with Crippen molar-refractivity contribution in [2.75, 3.05) is 19.6 Å². The van der Waals surface area contributed by atoms with E-state index in [4.69, 9.17) is 0 Å². The van der Waals surface area contributed by atoms with E-state index in [0.29, 0.717) is 30.4 Å². The average Bonchev–Trinajstić information content (AvgIpc) is 3.05. The van der Waals surface area contributed by atoms with Gasteiger partial charge in [0.2, 0.25) is 0 Å². The van der Waals surface area contributed by atoms with E-state index in [0.717, 1.165) is 62.4 Å². The summed E-state index contributed by atoms with van der Waals surface area (Å²) in [4.78, 5) is 27.9. The summed E-state index contributed by atoms with van der Waals surface area (Å²) in [6.07, 6.45) is 7.07. The van der Waals surface area contributed by atoms with Crippen molar-refractivity contribution in [1.82, 2.24) is 19.9 Å². The Kier molecular flexibility index (Phi) is 9.09. The van der Waals surface area contributed by atoms with Crippen molar-refractivity contribution in [3.63, 3.8) is 0 Å². The lowest BCUT2D eigenvalue weighted by Crippen LogP contribution is -2.29. The maximum Gasteiger partial charge on any atom is 0.389 e. The van der Waals surface area contributed by atoms with Crippen molar-refractivity contribution < 1.29 is 18.0 Å². The van der Waals surface area contributed by atoms with E-state index in [2.05, 4.69) is 19.9 Å². The molecular formula is C28H37F3N4O. The first kappa shape index (κ1) is 26.7. The van der Waals surface area contributed by atoms with Crippen LogP contribution < -0.4 is 0 Å². The molecule has 1 aliphatic heterocycles. The van der Waals surface area contributed by atoms with Crippen LogP contribution in [0.2, 0.25) is 0 Å². The Balaban J connectivity index is 1.15. The number of alkyl halides is 3. The van der Waals surface area contributed by atoms with Crippen LogP contribution >= 0.6 is 0 Å². The molecule has 0 spiro atoms. The van der Waals surface area contributed by atoms with Crippen molar-refractivity contribution in [2.45, 2.75) is 83.7 Å². The predicted octanol–water partition coefficient (Wildman–Crippen LogP) is 5.47. The number of hydrogen-bond acceptors (Lipinski definition) is 5. The molecule has 0 N–H and O–H groups in total. The van der Waals surface area contributed by atoms with E-state index in [-0.39, 0.29) is 12.2 Å². The molecule has 0 unspecified atom stereocenters. The Morgan fingerprint density at radius 1 is 1.03 bits per heavy atom. The summed E-state index contributed by atoms with van der Waals surface area (Å²) >= 11 is 0. The summed E-state index contributed by atoms with van der Waals surface area (Å²) in [5.41, 5.74) is 3.59. The average molecular weight is 503 g/mol. The third-order valence-corrected chi connectivity index (χ3v) is 7.72. The highest BCUT2D eigenvalue weighted by molar-refractivity contribution is 5.80. The third-order valence-electron chi connectivity index (χ3n) is 7.72. The second-order valence-corrected chi connectivity index (χ2v) is 10.6. The smallest absolute Gasteiger partial charge is 0.303 e. The highest BCUT2D eigenvalue weighted by Crippen LogP contribution is 2.33. The van der Waals surface area contributed by atoms with Crippen LogP contribution in [0.3, 0.4) is 0 Å². The first-order valence-electron chi connectivity index (χ1n) is 13.3. The topological polar surface area (TPSA) is 59.0 Å². The lowest BCUT2D eigenvalue weighted by atomic mass is 9.78. The molecule has 1 saturated carbocycles. The first-order chi connectivity index (χ1) is 17.2. The van der Waals surface area contributed by atoms with Gasteiger partial charge >= 0.3 is 6.18 Å². The number of halogens is 3. The summed E-state index contributed by atoms with van der Waals surface area (Å²) in [6, 6.07) is 3.74. The van der Waals surface area contributed by atoms with E-state index in [9.17, 15) is 18.0 Å². The van der Waals surface area contributed by atoms with Crippen molar-refractivity contribution in [2.24, 2.45) is 11.8 Å². The molecule has 0 aromatic carbocycles. The van der Waals surface area contributed by atoms with Gasteiger partial charge in [0.25, 0.3) is 0 Å². The number of rotatable bonds is 9. The van der Waals surface area contributed by atoms with E-state index in [1.807, 2.05) is 13.0 Å². The zero-order chi connectivity index (χ0) is 25.5. The minimum atomic E-state index is -4.14. The lowest BCUT2D eigenvalue weighted by Gasteiger charge is -2.30. The quantitative estimate of drug-likeness (QED) is 0.455.